The molecule has 1 rings (SSSR count). The molecule has 3 N–H and O–H groups in total. The molecule has 66 valence electrons. The van der Waals surface area contributed by atoms with Gasteiger partial charge in [-0.25, -0.2) is 4.79 Å². The molecule has 0 saturated heterocycles. The molecular weight excluding hydrogens is 178 g/mol. The minimum absolute atomic E-state index is 0. The Kier molecular flexibility index (Phi) is 5.08. The molecule has 0 aliphatic carbocycles. The predicted octanol–water partition coefficient (Wildman–Crippen LogP) is 2.72. The molecule has 4 heteroatoms. The van der Waals surface area contributed by atoms with Crippen LogP contribution >= 0.6 is 11.6 Å². The molecule has 0 fully saturated rings. The Balaban J connectivity index is 0.00000121. The first-order valence-electron chi connectivity index (χ1n) is 3.15. The van der Waals surface area contributed by atoms with Gasteiger partial charge in [0.25, 0.3) is 0 Å². The fraction of sp³-hybridized carbons (Fsp3) is 0.125. The van der Waals surface area contributed by atoms with Crippen LogP contribution in [0, 0.1) is 0 Å². The van der Waals surface area contributed by atoms with Gasteiger partial charge in [-0.2, -0.15) is 0 Å². The van der Waals surface area contributed by atoms with Crippen LogP contribution in [0.1, 0.15) is 5.56 Å². The first-order chi connectivity index (χ1) is 5.29. The highest BCUT2D eigenvalue weighted by molar-refractivity contribution is 6.61. The van der Waals surface area contributed by atoms with Crippen molar-refractivity contribution < 1.29 is 9.53 Å². The Hall–Kier alpha value is -1.06. The number of carbonyl (C=O) groups excluding carboxylic acids is 1. The Bertz CT molecular complexity index is 238. The molecule has 0 atom stereocenters. The van der Waals surface area contributed by atoms with E-state index in [2.05, 4.69) is 4.74 Å². The first-order valence-corrected chi connectivity index (χ1v) is 3.53. The van der Waals surface area contributed by atoms with Crippen LogP contribution in [0.25, 0.3) is 0 Å². The highest BCUT2D eigenvalue weighted by atomic mass is 35.5. The summed E-state index contributed by atoms with van der Waals surface area (Å²) in [5.41, 5.74) is 0.162. The van der Waals surface area contributed by atoms with Crippen molar-refractivity contribution in [2.24, 2.45) is 0 Å². The molecule has 0 spiro atoms. The average Bonchev–Trinajstić information content (AvgIpc) is 2.03. The molecule has 0 aromatic heterocycles. The number of halogens is 1. The van der Waals surface area contributed by atoms with Gasteiger partial charge in [0.2, 0.25) is 0 Å². The molecular formula is C8H10ClNO2. The lowest BCUT2D eigenvalue weighted by atomic mass is 10.2. The van der Waals surface area contributed by atoms with E-state index < -0.39 is 5.43 Å². The van der Waals surface area contributed by atoms with Gasteiger partial charge in [-0.05, 0) is 5.56 Å². The van der Waals surface area contributed by atoms with Crippen LogP contribution in [0.3, 0.4) is 0 Å². The molecule has 0 aliphatic rings. The summed E-state index contributed by atoms with van der Waals surface area (Å²) < 4.78 is 4.55. The number of carbonyl (C=O) groups is 1. The summed E-state index contributed by atoms with van der Waals surface area (Å²) in [4.78, 5) is 10.2. The van der Waals surface area contributed by atoms with Gasteiger partial charge in [0.15, 0.2) is 0 Å². The number of benzene rings is 1. The molecule has 3 nitrogen and oxygen atoms in total. The highest BCUT2D eigenvalue weighted by Crippen LogP contribution is 2.01. The van der Waals surface area contributed by atoms with Crippen molar-refractivity contribution in [3.63, 3.8) is 0 Å². The summed E-state index contributed by atoms with van der Waals surface area (Å²) in [5.74, 6) is 0. The second-order valence-corrected chi connectivity index (χ2v) is 2.32. The van der Waals surface area contributed by atoms with Crippen LogP contribution in [-0.4, -0.2) is 5.43 Å². The summed E-state index contributed by atoms with van der Waals surface area (Å²) in [7, 11) is 0. The lowest BCUT2D eigenvalue weighted by molar-refractivity contribution is 0.167. The van der Waals surface area contributed by atoms with E-state index in [-0.39, 0.29) is 12.8 Å². The summed E-state index contributed by atoms with van der Waals surface area (Å²) in [6, 6.07) is 9.36. The van der Waals surface area contributed by atoms with Crippen molar-refractivity contribution in [1.29, 1.82) is 0 Å². The lowest BCUT2D eigenvalue weighted by Gasteiger charge is -1.98. The summed E-state index contributed by atoms with van der Waals surface area (Å²) in [5, 5.41) is 0. The largest absolute Gasteiger partial charge is 0.449 e. The van der Waals surface area contributed by atoms with Gasteiger partial charge in [0.1, 0.15) is 6.61 Å². The van der Waals surface area contributed by atoms with Gasteiger partial charge in [0, 0.05) is 11.6 Å². The summed E-state index contributed by atoms with van der Waals surface area (Å²) in [6.45, 7) is 0.239. The molecule has 1 aromatic carbocycles. The summed E-state index contributed by atoms with van der Waals surface area (Å²) in [6.07, 6.45) is 0. The fourth-order valence-corrected chi connectivity index (χ4v) is 0.769. The van der Waals surface area contributed by atoms with Crippen molar-refractivity contribution in [2.75, 3.05) is 0 Å². The van der Waals surface area contributed by atoms with Crippen LogP contribution < -0.4 is 6.15 Å². The summed E-state index contributed by atoms with van der Waals surface area (Å²) >= 11 is 4.97. The van der Waals surface area contributed by atoms with E-state index in [1.54, 1.807) is 0 Å². The number of hydrogen-bond donors (Lipinski definition) is 1. The van der Waals surface area contributed by atoms with E-state index in [0.717, 1.165) is 5.56 Å². The molecule has 0 bridgehead atoms. The van der Waals surface area contributed by atoms with Crippen LogP contribution in [0.2, 0.25) is 0 Å². The maximum atomic E-state index is 10.2. The Morgan fingerprint density at radius 3 is 2.42 bits per heavy atom. The van der Waals surface area contributed by atoms with Gasteiger partial charge in [-0.15, -0.1) is 0 Å². The average molecular weight is 188 g/mol. The van der Waals surface area contributed by atoms with Crippen molar-refractivity contribution in [2.45, 2.75) is 6.61 Å². The van der Waals surface area contributed by atoms with Crippen molar-refractivity contribution in [3.05, 3.63) is 35.9 Å². The molecule has 0 unspecified atom stereocenters. The standard InChI is InChI=1S/C8H7ClO2.H3N/c9-8(10)11-6-7-4-2-1-3-5-7;/h1-5H,6H2;1H3. The van der Waals surface area contributed by atoms with Crippen molar-refractivity contribution in [3.8, 4) is 0 Å². The zero-order valence-electron chi connectivity index (χ0n) is 6.50. The molecule has 12 heavy (non-hydrogen) atoms. The third kappa shape index (κ3) is 3.95. The fourth-order valence-electron chi connectivity index (χ4n) is 0.714. The second-order valence-electron chi connectivity index (χ2n) is 2.01. The van der Waals surface area contributed by atoms with Crippen molar-refractivity contribution >= 4 is 17.0 Å². The second kappa shape index (κ2) is 5.57. The molecule has 0 aliphatic heterocycles. The minimum atomic E-state index is -0.770. The van der Waals surface area contributed by atoms with E-state index >= 15 is 0 Å². The maximum absolute atomic E-state index is 10.2. The number of hydrogen-bond acceptors (Lipinski definition) is 3. The van der Waals surface area contributed by atoms with Crippen molar-refractivity contribution in [1.82, 2.24) is 6.15 Å². The van der Waals surface area contributed by atoms with E-state index in [4.69, 9.17) is 11.6 Å². The maximum Gasteiger partial charge on any atom is 0.404 e. The minimum Gasteiger partial charge on any atom is -0.449 e. The Morgan fingerprint density at radius 2 is 1.92 bits per heavy atom. The normalized spacial score (nSPS) is 8.42. The van der Waals surface area contributed by atoms with Crippen LogP contribution in [-0.2, 0) is 11.3 Å². The van der Waals surface area contributed by atoms with Gasteiger partial charge < -0.3 is 10.9 Å². The SMILES string of the molecule is N.O=C(Cl)OCc1ccccc1. The molecule has 0 amide bonds. The lowest BCUT2D eigenvalue weighted by Crippen LogP contribution is -1.93. The molecule has 0 heterocycles. The van der Waals surface area contributed by atoms with Gasteiger partial charge in [-0.3, -0.25) is 0 Å². The van der Waals surface area contributed by atoms with Crippen LogP contribution in [0.5, 0.6) is 0 Å². The first kappa shape index (κ1) is 10.9. The quantitative estimate of drug-likeness (QED) is 0.725. The molecule has 0 radical (unpaired) electrons. The van der Waals surface area contributed by atoms with E-state index in [1.807, 2.05) is 30.3 Å². The highest BCUT2D eigenvalue weighted by Gasteiger charge is 1.95. The Morgan fingerprint density at radius 1 is 1.33 bits per heavy atom. The van der Waals surface area contributed by atoms with Gasteiger partial charge in [0.05, 0.1) is 0 Å². The predicted molar refractivity (Wildman–Crippen MR) is 47.5 cm³/mol. The molecule has 1 aromatic rings. The topological polar surface area (TPSA) is 61.3 Å². The van der Waals surface area contributed by atoms with E-state index in [0.29, 0.717) is 0 Å². The monoisotopic (exact) mass is 187 g/mol. The van der Waals surface area contributed by atoms with E-state index in [1.165, 1.54) is 0 Å². The van der Waals surface area contributed by atoms with E-state index in [9.17, 15) is 4.79 Å². The zero-order chi connectivity index (χ0) is 8.10. The number of rotatable bonds is 2. The number of ether oxygens (including phenoxy) is 1. The molecule has 0 saturated carbocycles. The van der Waals surface area contributed by atoms with Gasteiger partial charge in [-0.1, -0.05) is 30.3 Å². The van der Waals surface area contributed by atoms with Gasteiger partial charge >= 0.3 is 5.43 Å². The van der Waals surface area contributed by atoms with Crippen LogP contribution in [0.15, 0.2) is 30.3 Å². The zero-order valence-corrected chi connectivity index (χ0v) is 7.25. The third-order valence-electron chi connectivity index (χ3n) is 1.20. The third-order valence-corrected chi connectivity index (χ3v) is 1.30. The smallest absolute Gasteiger partial charge is 0.404 e. The Labute approximate surface area is 75.9 Å². The van der Waals surface area contributed by atoms with Crippen LogP contribution in [0.4, 0.5) is 4.79 Å².